The molecule has 7 heteroatoms. The molecule has 0 bridgehead atoms. The molecule has 2 aromatic carbocycles. The van der Waals surface area contributed by atoms with E-state index in [0.717, 1.165) is 16.6 Å². The first-order valence-electron chi connectivity index (χ1n) is 7.13. The Hall–Kier alpha value is -1.65. The zero-order valence-electron chi connectivity index (χ0n) is 12.6. The zero-order chi connectivity index (χ0) is 16.4. The number of ether oxygens (including phenoxy) is 1. The first-order valence-corrected chi connectivity index (χ1v) is 10.5. The van der Waals surface area contributed by atoms with Gasteiger partial charge in [0.15, 0.2) is 0 Å². The van der Waals surface area contributed by atoms with Crippen molar-refractivity contribution in [3.8, 4) is 5.75 Å². The van der Waals surface area contributed by atoms with Crippen LogP contribution in [0.1, 0.15) is 5.56 Å². The van der Waals surface area contributed by atoms with E-state index >= 15 is 0 Å². The Morgan fingerprint density at radius 1 is 1.17 bits per heavy atom. The summed E-state index contributed by atoms with van der Waals surface area (Å²) in [6, 6.07) is 11.8. The minimum absolute atomic E-state index is 0.0860. The maximum atomic E-state index is 12.6. The number of nitrogens with zero attached hydrogens (tertiary/aromatic N) is 1. The molecule has 2 aromatic rings. The van der Waals surface area contributed by atoms with E-state index in [1.807, 2.05) is 11.9 Å². The van der Waals surface area contributed by atoms with Gasteiger partial charge in [0.2, 0.25) is 0 Å². The second-order valence-electron chi connectivity index (χ2n) is 5.42. The van der Waals surface area contributed by atoms with Gasteiger partial charge in [-0.15, -0.1) is 0 Å². The van der Waals surface area contributed by atoms with E-state index in [4.69, 9.17) is 4.74 Å². The van der Waals surface area contributed by atoms with Crippen LogP contribution in [0.2, 0.25) is 0 Å². The third-order valence-electron chi connectivity index (χ3n) is 3.78. The van der Waals surface area contributed by atoms with Crippen molar-refractivity contribution in [1.82, 2.24) is 0 Å². The molecule has 0 saturated carbocycles. The van der Waals surface area contributed by atoms with E-state index < -0.39 is 25.5 Å². The molecule has 0 saturated heterocycles. The predicted molar refractivity (Wildman–Crippen MR) is 88.6 cm³/mol. The van der Waals surface area contributed by atoms with Gasteiger partial charge < -0.3 is 0 Å². The van der Waals surface area contributed by atoms with E-state index in [1.54, 1.807) is 42.5 Å². The fourth-order valence-electron chi connectivity index (χ4n) is 2.49. The fraction of sp³-hybridized carbons (Fsp3) is 0.250. The number of benzene rings is 2. The van der Waals surface area contributed by atoms with Crippen molar-refractivity contribution in [2.24, 2.45) is 0 Å². The van der Waals surface area contributed by atoms with Crippen LogP contribution in [0, 0.1) is 0 Å². The average Bonchev–Trinajstić information content (AvgIpc) is 2.55. The van der Waals surface area contributed by atoms with E-state index in [0.29, 0.717) is 17.9 Å². The molecule has 0 fully saturated rings. The molecule has 1 aliphatic heterocycles. The van der Waals surface area contributed by atoms with Crippen molar-refractivity contribution in [2.45, 2.75) is 10.6 Å². The van der Waals surface area contributed by atoms with Crippen molar-refractivity contribution in [2.75, 3.05) is 25.1 Å². The molecule has 0 spiro atoms. The molecule has 0 aliphatic carbocycles. The maximum absolute atomic E-state index is 12.6. The number of sulfone groups is 1. The van der Waals surface area contributed by atoms with Crippen molar-refractivity contribution < 1.29 is 16.9 Å². The van der Waals surface area contributed by atoms with Gasteiger partial charge in [-0.1, -0.05) is 0 Å². The number of fused-ring (bicyclic) bond motifs is 1. The molecule has 1 aliphatic rings. The van der Waals surface area contributed by atoms with Crippen molar-refractivity contribution in [3.05, 3.63) is 48.0 Å². The summed E-state index contributed by atoms with van der Waals surface area (Å²) < 4.78 is 42.4. The van der Waals surface area contributed by atoms with Crippen LogP contribution in [0.25, 0.3) is 0 Å². The minimum atomic E-state index is -3.45. The Balaban J connectivity index is 1.88. The van der Waals surface area contributed by atoms with E-state index in [-0.39, 0.29) is 10.6 Å². The zero-order valence-corrected chi connectivity index (χ0v) is 15.3. The van der Waals surface area contributed by atoms with Crippen LogP contribution in [0.15, 0.2) is 47.4 Å². The van der Waals surface area contributed by atoms with Crippen LogP contribution in [0.4, 0.5) is 5.69 Å². The van der Waals surface area contributed by atoms with Gasteiger partial charge in [0.25, 0.3) is 0 Å². The number of anilines is 1. The van der Waals surface area contributed by atoms with Crippen LogP contribution in [-0.2, 0) is 19.3 Å². The van der Waals surface area contributed by atoms with Crippen LogP contribution >= 0.6 is 0 Å². The molecule has 5 nitrogen and oxygen atoms in total. The fourth-order valence-corrected chi connectivity index (χ4v) is 4.42. The summed E-state index contributed by atoms with van der Waals surface area (Å²) in [4.78, 5) is 2.30. The van der Waals surface area contributed by atoms with E-state index in [9.17, 15) is 12.2 Å². The topological polar surface area (TPSA) is 63.7 Å². The Morgan fingerprint density at radius 3 is 2.61 bits per heavy atom. The van der Waals surface area contributed by atoms with Crippen LogP contribution in [0.5, 0.6) is 5.75 Å². The SMILES string of the molecule is CN1CCOc2cc(S(=O)(=O)Cc3ccc([As]=O)cc3)ccc21. The number of likely N-dealkylation sites (N-methyl/N-ethyl adjacent to an activating group) is 1. The van der Waals surface area contributed by atoms with Crippen molar-refractivity contribution in [1.29, 1.82) is 0 Å². The molecule has 0 aromatic heterocycles. The van der Waals surface area contributed by atoms with Crippen LogP contribution in [-0.4, -0.2) is 44.3 Å². The molecule has 1 heterocycles. The number of hydrogen-bond donors (Lipinski definition) is 0. The summed E-state index contributed by atoms with van der Waals surface area (Å²) >= 11 is -1.08. The van der Waals surface area contributed by atoms with Gasteiger partial charge in [0, 0.05) is 0 Å². The summed E-state index contributed by atoms with van der Waals surface area (Å²) in [5.41, 5.74) is 1.58. The summed E-state index contributed by atoms with van der Waals surface area (Å²) in [5.74, 6) is 0.516. The van der Waals surface area contributed by atoms with Gasteiger partial charge in [0.05, 0.1) is 0 Å². The third kappa shape index (κ3) is 3.48. The molecule has 0 N–H and O–H groups in total. The average molecular weight is 393 g/mol. The Labute approximate surface area is 142 Å². The van der Waals surface area contributed by atoms with Crippen molar-refractivity contribution >= 4 is 35.6 Å². The van der Waals surface area contributed by atoms with Gasteiger partial charge >= 0.3 is 142 Å². The number of rotatable bonds is 4. The first-order chi connectivity index (χ1) is 11.0. The molecular weight excluding hydrogens is 377 g/mol. The molecule has 0 unspecified atom stereocenters. The molecule has 120 valence electrons. The summed E-state index contributed by atoms with van der Waals surface area (Å²) in [5, 5.41) is 0. The van der Waals surface area contributed by atoms with Crippen LogP contribution in [0.3, 0.4) is 0 Å². The van der Waals surface area contributed by atoms with Crippen molar-refractivity contribution in [3.63, 3.8) is 0 Å². The summed E-state index contributed by atoms with van der Waals surface area (Å²) in [7, 11) is -1.50. The molecule has 0 radical (unpaired) electrons. The van der Waals surface area contributed by atoms with Gasteiger partial charge in [-0.2, -0.15) is 0 Å². The monoisotopic (exact) mass is 393 g/mol. The van der Waals surface area contributed by atoms with E-state index in [1.165, 1.54) is 0 Å². The summed E-state index contributed by atoms with van der Waals surface area (Å²) in [6.45, 7) is 1.33. The predicted octanol–water partition coefficient (Wildman–Crippen LogP) is 1.16. The molecular formula is C16H16AsNO4S. The second-order valence-corrected chi connectivity index (χ2v) is 8.87. The molecule has 3 rings (SSSR count). The normalized spacial score (nSPS) is 14.4. The number of hydrogen-bond acceptors (Lipinski definition) is 5. The Morgan fingerprint density at radius 2 is 1.91 bits per heavy atom. The van der Waals surface area contributed by atoms with Gasteiger partial charge in [-0.05, 0) is 0 Å². The summed E-state index contributed by atoms with van der Waals surface area (Å²) in [6.07, 6.45) is 0. The third-order valence-corrected chi connectivity index (χ3v) is 6.54. The Kier molecular flexibility index (Phi) is 4.55. The van der Waals surface area contributed by atoms with Crippen LogP contribution < -0.4 is 14.0 Å². The standard InChI is InChI=1S/C16H16AsNO4S/c1-18-8-9-22-16-10-14(6-7-15(16)18)23(20,21)11-12-2-4-13(17-19)5-3-12/h2-7,10H,8-9,11H2,1H3. The van der Waals surface area contributed by atoms with E-state index in [2.05, 4.69) is 0 Å². The first kappa shape index (κ1) is 16.2. The quantitative estimate of drug-likeness (QED) is 0.730. The van der Waals surface area contributed by atoms with Gasteiger partial charge in [-0.3, -0.25) is 0 Å². The second kappa shape index (κ2) is 6.46. The van der Waals surface area contributed by atoms with Gasteiger partial charge in [0.1, 0.15) is 0 Å². The molecule has 0 atom stereocenters. The Bertz CT molecular complexity index is 834. The van der Waals surface area contributed by atoms with Gasteiger partial charge in [-0.25, -0.2) is 0 Å². The molecule has 0 amide bonds. The molecule has 23 heavy (non-hydrogen) atoms.